The highest BCUT2D eigenvalue weighted by Gasteiger charge is 2.21. The van der Waals surface area contributed by atoms with Gasteiger partial charge in [0.2, 0.25) is 0 Å². The van der Waals surface area contributed by atoms with Crippen molar-refractivity contribution in [1.82, 2.24) is 10.3 Å². The summed E-state index contributed by atoms with van der Waals surface area (Å²) in [4.78, 5) is 4.89. The van der Waals surface area contributed by atoms with Crippen molar-refractivity contribution in [2.75, 3.05) is 6.54 Å². The lowest BCUT2D eigenvalue weighted by atomic mass is 9.95. The Labute approximate surface area is 130 Å². The molecule has 0 bridgehead atoms. The van der Waals surface area contributed by atoms with Gasteiger partial charge in [-0.25, -0.2) is 4.98 Å². The first-order valence-corrected chi connectivity index (χ1v) is 8.25. The molecular weight excluding hydrogens is 312 g/mol. The van der Waals surface area contributed by atoms with E-state index >= 15 is 0 Å². The van der Waals surface area contributed by atoms with Crippen molar-refractivity contribution in [3.8, 4) is 0 Å². The lowest BCUT2D eigenvalue weighted by molar-refractivity contribution is 0.369. The van der Waals surface area contributed by atoms with Gasteiger partial charge >= 0.3 is 0 Å². The maximum absolute atomic E-state index is 4.89. The van der Waals surface area contributed by atoms with Gasteiger partial charge in [0.1, 0.15) is 0 Å². The van der Waals surface area contributed by atoms with E-state index in [-0.39, 0.29) is 0 Å². The van der Waals surface area contributed by atoms with Gasteiger partial charge in [-0.1, -0.05) is 45.4 Å². The number of nitrogens with one attached hydrogen (secondary N) is 1. The molecule has 2 aromatic rings. The normalized spacial score (nSPS) is 14.4. The van der Waals surface area contributed by atoms with Crippen LogP contribution in [0.4, 0.5) is 0 Å². The topological polar surface area (TPSA) is 24.9 Å². The summed E-state index contributed by atoms with van der Waals surface area (Å²) >= 11 is 3.70. The quantitative estimate of drug-likeness (QED) is 0.796. The van der Waals surface area contributed by atoms with Crippen LogP contribution in [0.15, 0.2) is 34.8 Å². The molecule has 0 aliphatic rings. The Balaban J connectivity index is 2.43. The van der Waals surface area contributed by atoms with Gasteiger partial charge in [0.15, 0.2) is 0 Å². The fourth-order valence-corrected chi connectivity index (χ4v) is 3.01. The van der Waals surface area contributed by atoms with E-state index in [0.717, 1.165) is 35.1 Å². The molecular formula is C17H23BrN2. The molecule has 0 spiro atoms. The number of hydrogen-bond acceptors (Lipinski definition) is 2. The molecule has 20 heavy (non-hydrogen) atoms. The highest BCUT2D eigenvalue weighted by Crippen LogP contribution is 2.31. The maximum atomic E-state index is 4.89. The summed E-state index contributed by atoms with van der Waals surface area (Å²) in [7, 11) is 0. The number of pyridine rings is 1. The van der Waals surface area contributed by atoms with E-state index in [9.17, 15) is 0 Å². The summed E-state index contributed by atoms with van der Waals surface area (Å²) in [6.07, 6.45) is 2.28. The van der Waals surface area contributed by atoms with Gasteiger partial charge in [0, 0.05) is 9.86 Å². The van der Waals surface area contributed by atoms with Crippen molar-refractivity contribution >= 4 is 26.8 Å². The minimum absolute atomic E-state index is 0.305. The molecule has 0 aliphatic heterocycles. The van der Waals surface area contributed by atoms with Gasteiger partial charge in [-0.15, -0.1) is 0 Å². The minimum atomic E-state index is 0.305. The monoisotopic (exact) mass is 334 g/mol. The highest BCUT2D eigenvalue weighted by molar-refractivity contribution is 9.10. The van der Waals surface area contributed by atoms with Crippen LogP contribution in [0.25, 0.3) is 10.9 Å². The second-order valence-corrected chi connectivity index (χ2v) is 6.22. The average molecular weight is 335 g/mol. The number of nitrogens with zero attached hydrogens (tertiary/aromatic N) is 1. The summed E-state index contributed by atoms with van der Waals surface area (Å²) < 4.78 is 1.10. The smallest absolute Gasteiger partial charge is 0.0725 e. The largest absolute Gasteiger partial charge is 0.308 e. The molecule has 2 nitrogen and oxygen atoms in total. The summed E-state index contributed by atoms with van der Waals surface area (Å²) in [6, 6.07) is 10.8. The highest BCUT2D eigenvalue weighted by atomic mass is 79.9. The first-order valence-electron chi connectivity index (χ1n) is 7.45. The zero-order valence-electron chi connectivity index (χ0n) is 12.5. The van der Waals surface area contributed by atoms with Gasteiger partial charge in [0.05, 0.1) is 17.3 Å². The van der Waals surface area contributed by atoms with Crippen LogP contribution in [0.1, 0.15) is 45.3 Å². The molecule has 3 heteroatoms. The van der Waals surface area contributed by atoms with Crippen LogP contribution in [0.3, 0.4) is 0 Å². The molecule has 108 valence electrons. The maximum Gasteiger partial charge on any atom is 0.0725 e. The first kappa shape index (κ1) is 15.5. The molecule has 2 rings (SSSR count). The Morgan fingerprint density at radius 1 is 1.25 bits per heavy atom. The van der Waals surface area contributed by atoms with Crippen LogP contribution in [0, 0.1) is 5.92 Å². The third kappa shape index (κ3) is 3.39. The van der Waals surface area contributed by atoms with E-state index in [1.807, 2.05) is 6.07 Å². The van der Waals surface area contributed by atoms with Crippen molar-refractivity contribution in [1.29, 1.82) is 0 Å². The molecule has 2 unspecified atom stereocenters. The van der Waals surface area contributed by atoms with E-state index in [2.05, 4.69) is 66.3 Å². The number of para-hydroxylation sites is 1. The molecule has 1 heterocycles. The number of rotatable bonds is 6. The molecule has 2 atom stereocenters. The third-order valence-corrected chi connectivity index (χ3v) is 4.46. The number of hydrogen-bond donors (Lipinski definition) is 1. The van der Waals surface area contributed by atoms with E-state index in [1.54, 1.807) is 0 Å². The summed E-state index contributed by atoms with van der Waals surface area (Å²) in [5.41, 5.74) is 2.20. The van der Waals surface area contributed by atoms with Crippen LogP contribution in [0.2, 0.25) is 0 Å². The minimum Gasteiger partial charge on any atom is -0.308 e. The Morgan fingerprint density at radius 2 is 2.00 bits per heavy atom. The zero-order valence-corrected chi connectivity index (χ0v) is 14.1. The van der Waals surface area contributed by atoms with Crippen LogP contribution in [0.5, 0.6) is 0 Å². The second-order valence-electron chi connectivity index (χ2n) is 5.37. The van der Waals surface area contributed by atoms with Gasteiger partial charge in [-0.05, 0) is 46.9 Å². The van der Waals surface area contributed by atoms with Crippen molar-refractivity contribution in [3.05, 3.63) is 40.5 Å². The van der Waals surface area contributed by atoms with Gasteiger partial charge in [-0.2, -0.15) is 0 Å². The van der Waals surface area contributed by atoms with Gasteiger partial charge in [0.25, 0.3) is 0 Å². The molecule has 0 radical (unpaired) electrons. The second kappa shape index (κ2) is 7.19. The Morgan fingerprint density at radius 3 is 2.70 bits per heavy atom. The van der Waals surface area contributed by atoms with E-state index in [1.165, 1.54) is 5.39 Å². The number of fused-ring (bicyclic) bond motifs is 1. The van der Waals surface area contributed by atoms with Crippen LogP contribution >= 0.6 is 15.9 Å². The van der Waals surface area contributed by atoms with Crippen LogP contribution in [-0.4, -0.2) is 11.5 Å². The average Bonchev–Trinajstić information content (AvgIpc) is 2.47. The molecule has 0 fully saturated rings. The lowest BCUT2D eigenvalue weighted by Crippen LogP contribution is -2.28. The first-order chi connectivity index (χ1) is 9.67. The predicted octanol–water partition coefficient (Wildman–Crippen LogP) is 5.08. The fraction of sp³-hybridized carbons (Fsp3) is 0.471. The molecule has 0 amide bonds. The molecule has 1 aromatic heterocycles. The number of halogens is 1. The predicted molar refractivity (Wildman–Crippen MR) is 89.9 cm³/mol. The summed E-state index contributed by atoms with van der Waals surface area (Å²) in [6.45, 7) is 7.75. The lowest BCUT2D eigenvalue weighted by Gasteiger charge is -2.25. The van der Waals surface area contributed by atoms with E-state index in [4.69, 9.17) is 4.98 Å². The summed E-state index contributed by atoms with van der Waals surface area (Å²) in [5, 5.41) is 4.83. The molecule has 0 aliphatic carbocycles. The Kier molecular flexibility index (Phi) is 5.55. The van der Waals surface area contributed by atoms with Gasteiger partial charge < -0.3 is 5.32 Å². The Bertz CT molecular complexity index is 568. The van der Waals surface area contributed by atoms with Crippen LogP contribution < -0.4 is 5.32 Å². The Hall–Kier alpha value is -0.930. The zero-order chi connectivity index (χ0) is 14.5. The molecule has 1 N–H and O–H groups in total. The molecule has 0 saturated carbocycles. The van der Waals surface area contributed by atoms with E-state index < -0.39 is 0 Å². The number of benzene rings is 1. The SMILES string of the molecule is CCCNC(c1nc2ccccc2cc1Br)C(C)CC. The standard InChI is InChI=1S/C17H23BrN2/c1-4-10-19-16(12(3)5-2)17-14(18)11-13-8-6-7-9-15(13)20-17/h6-9,11-12,16,19H,4-5,10H2,1-3H3. The summed E-state index contributed by atoms with van der Waals surface area (Å²) in [5.74, 6) is 0.562. The number of aromatic nitrogens is 1. The van der Waals surface area contributed by atoms with E-state index in [0.29, 0.717) is 12.0 Å². The fourth-order valence-electron chi connectivity index (χ4n) is 2.43. The van der Waals surface area contributed by atoms with Crippen molar-refractivity contribution in [2.45, 2.75) is 39.7 Å². The van der Waals surface area contributed by atoms with Gasteiger partial charge in [-0.3, -0.25) is 0 Å². The van der Waals surface area contributed by atoms with Crippen molar-refractivity contribution in [3.63, 3.8) is 0 Å². The third-order valence-electron chi connectivity index (χ3n) is 3.83. The van der Waals surface area contributed by atoms with Crippen LogP contribution in [-0.2, 0) is 0 Å². The van der Waals surface area contributed by atoms with Crippen molar-refractivity contribution < 1.29 is 0 Å². The molecule has 0 saturated heterocycles. The molecule has 1 aromatic carbocycles. The van der Waals surface area contributed by atoms with Crippen molar-refractivity contribution in [2.24, 2.45) is 5.92 Å².